The van der Waals surface area contributed by atoms with Crippen molar-refractivity contribution in [1.82, 2.24) is 0 Å². The van der Waals surface area contributed by atoms with Gasteiger partial charge in [0.1, 0.15) is 11.5 Å². The molecule has 2 aromatic rings. The molecule has 0 aliphatic heterocycles. The first-order valence-corrected chi connectivity index (χ1v) is 7.01. The van der Waals surface area contributed by atoms with Crippen LogP contribution in [0.4, 0.5) is 0 Å². The summed E-state index contributed by atoms with van der Waals surface area (Å²) in [5.41, 5.74) is 1.08. The van der Waals surface area contributed by atoms with Gasteiger partial charge in [0.05, 0.1) is 19.1 Å². The quantitative estimate of drug-likeness (QED) is 0.479. The molecule has 0 amide bonds. The van der Waals surface area contributed by atoms with Crippen LogP contribution in [0.15, 0.2) is 42.5 Å². The molecule has 0 heterocycles. The fraction of sp³-hybridized carbons (Fsp3) is 0.176. The highest BCUT2D eigenvalue weighted by atomic mass is 35.5. The Labute approximate surface area is 133 Å². The summed E-state index contributed by atoms with van der Waals surface area (Å²) < 4.78 is 10.3. The minimum atomic E-state index is -0.449. The van der Waals surface area contributed by atoms with Gasteiger partial charge in [0.25, 0.3) is 0 Å². The van der Waals surface area contributed by atoms with Crippen LogP contribution in [0, 0.1) is 0 Å². The molecule has 0 aliphatic carbocycles. The second kappa shape index (κ2) is 7.09. The minimum Gasteiger partial charge on any atom is -0.497 e. The third-order valence-electron chi connectivity index (χ3n) is 3.05. The standard InChI is InChI=1S/C17H15ClO4/c1-11(19)15-10-13(18)5-8-16(15)22-17(20)9-12-3-6-14(21-2)7-4-12/h3-8,10H,9H2,1-2H3. The van der Waals surface area contributed by atoms with Gasteiger partial charge in [0.15, 0.2) is 5.78 Å². The fourth-order valence-corrected chi connectivity index (χ4v) is 2.11. The Morgan fingerprint density at radius 2 is 1.77 bits per heavy atom. The van der Waals surface area contributed by atoms with Gasteiger partial charge in [0.2, 0.25) is 0 Å². The number of esters is 1. The lowest BCUT2D eigenvalue weighted by Crippen LogP contribution is -2.13. The summed E-state index contributed by atoms with van der Waals surface area (Å²) in [4.78, 5) is 23.6. The van der Waals surface area contributed by atoms with Crippen molar-refractivity contribution in [1.29, 1.82) is 0 Å². The van der Waals surface area contributed by atoms with E-state index in [-0.39, 0.29) is 23.5 Å². The second-order valence-corrected chi connectivity index (χ2v) is 5.13. The molecular weight excluding hydrogens is 304 g/mol. The average Bonchev–Trinajstić information content (AvgIpc) is 2.49. The number of carbonyl (C=O) groups excluding carboxylic acids is 2. The molecule has 0 N–H and O–H groups in total. The van der Waals surface area contributed by atoms with Gasteiger partial charge in [-0.15, -0.1) is 0 Å². The molecule has 0 spiro atoms. The number of ether oxygens (including phenoxy) is 2. The van der Waals surface area contributed by atoms with Gasteiger partial charge in [-0.2, -0.15) is 0 Å². The van der Waals surface area contributed by atoms with E-state index < -0.39 is 5.97 Å². The van der Waals surface area contributed by atoms with E-state index in [1.165, 1.54) is 19.1 Å². The first kappa shape index (κ1) is 16.0. The highest BCUT2D eigenvalue weighted by Crippen LogP contribution is 2.24. The van der Waals surface area contributed by atoms with Crippen molar-refractivity contribution in [2.75, 3.05) is 7.11 Å². The van der Waals surface area contributed by atoms with Gasteiger partial charge in [0, 0.05) is 5.02 Å². The number of carbonyl (C=O) groups is 2. The molecule has 2 aromatic carbocycles. The zero-order chi connectivity index (χ0) is 16.1. The van der Waals surface area contributed by atoms with Crippen LogP contribution in [0.1, 0.15) is 22.8 Å². The van der Waals surface area contributed by atoms with Gasteiger partial charge in [-0.3, -0.25) is 9.59 Å². The summed E-state index contributed by atoms with van der Waals surface area (Å²) in [6.45, 7) is 1.40. The van der Waals surface area contributed by atoms with Crippen LogP contribution in [0.25, 0.3) is 0 Å². The van der Waals surface area contributed by atoms with E-state index in [1.807, 2.05) is 0 Å². The predicted molar refractivity (Wildman–Crippen MR) is 83.8 cm³/mol. The molecule has 5 heteroatoms. The zero-order valence-electron chi connectivity index (χ0n) is 12.3. The number of Topliss-reactive ketones (excluding diaryl/α,β-unsaturated/α-hetero) is 1. The molecule has 0 bridgehead atoms. The maximum absolute atomic E-state index is 12.0. The van der Waals surface area contributed by atoms with Crippen molar-refractivity contribution in [3.63, 3.8) is 0 Å². The van der Waals surface area contributed by atoms with Crippen molar-refractivity contribution in [2.24, 2.45) is 0 Å². The smallest absolute Gasteiger partial charge is 0.315 e. The first-order valence-electron chi connectivity index (χ1n) is 6.63. The molecule has 0 saturated heterocycles. The van der Waals surface area contributed by atoms with Crippen LogP contribution in [0.3, 0.4) is 0 Å². The Morgan fingerprint density at radius 1 is 1.09 bits per heavy atom. The molecule has 4 nitrogen and oxygen atoms in total. The van der Waals surface area contributed by atoms with E-state index in [0.29, 0.717) is 10.8 Å². The second-order valence-electron chi connectivity index (χ2n) is 4.70. The Morgan fingerprint density at radius 3 is 2.36 bits per heavy atom. The van der Waals surface area contributed by atoms with Crippen LogP contribution in [-0.2, 0) is 11.2 Å². The Balaban J connectivity index is 2.10. The number of benzene rings is 2. The molecule has 0 radical (unpaired) electrons. The van der Waals surface area contributed by atoms with Gasteiger partial charge in [-0.1, -0.05) is 23.7 Å². The summed E-state index contributed by atoms with van der Waals surface area (Å²) in [7, 11) is 1.58. The highest BCUT2D eigenvalue weighted by Gasteiger charge is 2.13. The number of hydrogen-bond acceptors (Lipinski definition) is 4. The van der Waals surface area contributed by atoms with Crippen molar-refractivity contribution in [3.05, 3.63) is 58.6 Å². The molecule has 0 unspecified atom stereocenters. The maximum atomic E-state index is 12.0. The molecule has 0 fully saturated rings. The number of ketones is 1. The van der Waals surface area contributed by atoms with Crippen LogP contribution >= 0.6 is 11.6 Å². The van der Waals surface area contributed by atoms with Crippen molar-refractivity contribution < 1.29 is 19.1 Å². The SMILES string of the molecule is COc1ccc(CC(=O)Oc2ccc(Cl)cc2C(C)=O)cc1. The minimum absolute atomic E-state index is 0.101. The Hall–Kier alpha value is -2.33. The van der Waals surface area contributed by atoms with Crippen molar-refractivity contribution in [3.8, 4) is 11.5 Å². The zero-order valence-corrected chi connectivity index (χ0v) is 13.0. The average molecular weight is 319 g/mol. The summed E-state index contributed by atoms with van der Waals surface area (Å²) in [5.74, 6) is 0.272. The predicted octanol–water partition coefficient (Wildman–Crippen LogP) is 3.70. The van der Waals surface area contributed by atoms with Crippen LogP contribution < -0.4 is 9.47 Å². The highest BCUT2D eigenvalue weighted by molar-refractivity contribution is 6.31. The lowest BCUT2D eigenvalue weighted by atomic mass is 10.1. The number of hydrogen-bond donors (Lipinski definition) is 0. The Kier molecular flexibility index (Phi) is 5.17. The van der Waals surface area contributed by atoms with E-state index >= 15 is 0 Å². The van der Waals surface area contributed by atoms with Gasteiger partial charge >= 0.3 is 5.97 Å². The normalized spacial score (nSPS) is 10.1. The van der Waals surface area contributed by atoms with Gasteiger partial charge < -0.3 is 9.47 Å². The van der Waals surface area contributed by atoms with Crippen LogP contribution in [0.5, 0.6) is 11.5 Å². The van der Waals surface area contributed by atoms with Crippen molar-refractivity contribution >= 4 is 23.4 Å². The van der Waals surface area contributed by atoms with Gasteiger partial charge in [-0.25, -0.2) is 0 Å². The van der Waals surface area contributed by atoms with Crippen molar-refractivity contribution in [2.45, 2.75) is 13.3 Å². The molecular formula is C17H15ClO4. The first-order chi connectivity index (χ1) is 10.5. The molecule has 0 atom stereocenters. The van der Waals surface area contributed by atoms with Gasteiger partial charge in [-0.05, 0) is 42.8 Å². The number of methoxy groups -OCH3 is 1. The molecule has 0 aliphatic rings. The maximum Gasteiger partial charge on any atom is 0.315 e. The summed E-state index contributed by atoms with van der Waals surface area (Å²) in [6.07, 6.45) is 0.101. The van der Waals surface area contributed by atoms with E-state index in [0.717, 1.165) is 5.56 Å². The Bertz CT molecular complexity index is 692. The van der Waals surface area contributed by atoms with Crippen LogP contribution in [-0.4, -0.2) is 18.9 Å². The lowest BCUT2D eigenvalue weighted by Gasteiger charge is -2.09. The van der Waals surface area contributed by atoms with E-state index in [2.05, 4.69) is 0 Å². The number of halogens is 1. The lowest BCUT2D eigenvalue weighted by molar-refractivity contribution is -0.133. The monoisotopic (exact) mass is 318 g/mol. The molecule has 2 rings (SSSR count). The third-order valence-corrected chi connectivity index (χ3v) is 3.29. The molecule has 0 saturated carbocycles. The van der Waals surface area contributed by atoms with E-state index in [1.54, 1.807) is 37.4 Å². The largest absolute Gasteiger partial charge is 0.497 e. The molecule has 22 heavy (non-hydrogen) atoms. The molecule has 0 aromatic heterocycles. The summed E-state index contributed by atoms with van der Waals surface area (Å²) in [5, 5.41) is 0.417. The number of rotatable bonds is 5. The summed E-state index contributed by atoms with van der Waals surface area (Å²) >= 11 is 5.85. The topological polar surface area (TPSA) is 52.6 Å². The third kappa shape index (κ3) is 4.09. The van der Waals surface area contributed by atoms with E-state index in [9.17, 15) is 9.59 Å². The fourth-order valence-electron chi connectivity index (χ4n) is 1.94. The molecule has 114 valence electrons. The van der Waals surface area contributed by atoms with E-state index in [4.69, 9.17) is 21.1 Å². The summed E-state index contributed by atoms with van der Waals surface area (Å²) in [6, 6.07) is 11.7. The van der Waals surface area contributed by atoms with Crippen LogP contribution in [0.2, 0.25) is 5.02 Å².